The molecule has 1 N–H and O–H groups in total. The maximum absolute atomic E-state index is 12.6. The number of nitrogens with zero attached hydrogens (tertiary/aromatic N) is 2. The van der Waals surface area contributed by atoms with Crippen LogP contribution in [0.3, 0.4) is 0 Å². The van der Waals surface area contributed by atoms with Crippen molar-refractivity contribution < 1.29 is 8.42 Å². The Balaban J connectivity index is 1.97. The van der Waals surface area contributed by atoms with Crippen molar-refractivity contribution >= 4 is 10.2 Å². The summed E-state index contributed by atoms with van der Waals surface area (Å²) < 4.78 is 28.5. The smallest absolute Gasteiger partial charge is 0.281 e. The second kappa shape index (κ2) is 6.52. The molecule has 2 aliphatic rings. The Bertz CT molecular complexity index is 379. The van der Waals surface area contributed by atoms with E-state index in [0.717, 1.165) is 45.2 Å². The molecule has 1 atom stereocenters. The summed E-state index contributed by atoms with van der Waals surface area (Å²) in [5.74, 6) is 0.501. The van der Waals surface area contributed by atoms with E-state index in [-0.39, 0.29) is 6.04 Å². The SMILES string of the molecule is CC1CCCCN1S(=O)(=O)N(C)CC1CCNCC1. The fourth-order valence-corrected chi connectivity index (χ4v) is 4.79. The first kappa shape index (κ1) is 15.2. The maximum atomic E-state index is 12.6. The number of rotatable bonds is 4. The molecule has 0 spiro atoms. The molecule has 5 nitrogen and oxygen atoms in total. The van der Waals surface area contributed by atoms with E-state index in [9.17, 15) is 8.42 Å². The molecule has 0 bridgehead atoms. The number of hydrogen-bond acceptors (Lipinski definition) is 3. The van der Waals surface area contributed by atoms with Crippen molar-refractivity contribution in [2.24, 2.45) is 5.92 Å². The standard InChI is InChI=1S/C13H27N3O2S/c1-12-5-3-4-10-16(12)19(17,18)15(2)11-13-6-8-14-9-7-13/h12-14H,3-11H2,1-2H3. The molecule has 2 fully saturated rings. The van der Waals surface area contributed by atoms with Crippen LogP contribution in [-0.2, 0) is 10.2 Å². The van der Waals surface area contributed by atoms with Crippen LogP contribution in [0.1, 0.15) is 39.0 Å². The van der Waals surface area contributed by atoms with Gasteiger partial charge in [0.1, 0.15) is 0 Å². The molecule has 19 heavy (non-hydrogen) atoms. The molecule has 2 aliphatic heterocycles. The highest BCUT2D eigenvalue weighted by molar-refractivity contribution is 7.86. The molecule has 0 radical (unpaired) electrons. The molecule has 6 heteroatoms. The maximum Gasteiger partial charge on any atom is 0.281 e. The molecule has 0 saturated carbocycles. The largest absolute Gasteiger partial charge is 0.317 e. The van der Waals surface area contributed by atoms with Crippen molar-refractivity contribution in [3.8, 4) is 0 Å². The van der Waals surface area contributed by atoms with Crippen LogP contribution in [0.4, 0.5) is 0 Å². The lowest BCUT2D eigenvalue weighted by molar-refractivity contribution is 0.238. The molecular formula is C13H27N3O2S. The van der Waals surface area contributed by atoms with Crippen LogP contribution in [-0.4, -0.2) is 56.3 Å². The van der Waals surface area contributed by atoms with E-state index < -0.39 is 10.2 Å². The lowest BCUT2D eigenvalue weighted by atomic mass is 9.98. The third kappa shape index (κ3) is 3.68. The summed E-state index contributed by atoms with van der Waals surface area (Å²) >= 11 is 0. The van der Waals surface area contributed by atoms with Crippen LogP contribution in [0.5, 0.6) is 0 Å². The molecule has 0 amide bonds. The zero-order valence-electron chi connectivity index (χ0n) is 12.1. The van der Waals surface area contributed by atoms with Gasteiger partial charge in [-0.05, 0) is 51.6 Å². The van der Waals surface area contributed by atoms with Gasteiger partial charge in [0.05, 0.1) is 0 Å². The van der Waals surface area contributed by atoms with Gasteiger partial charge < -0.3 is 5.32 Å². The van der Waals surface area contributed by atoms with Crippen LogP contribution >= 0.6 is 0 Å². The van der Waals surface area contributed by atoms with Crippen LogP contribution < -0.4 is 5.32 Å². The van der Waals surface area contributed by atoms with Crippen LogP contribution in [0.25, 0.3) is 0 Å². The van der Waals surface area contributed by atoms with Gasteiger partial charge in [0.2, 0.25) is 0 Å². The van der Waals surface area contributed by atoms with Crippen molar-refractivity contribution in [1.29, 1.82) is 0 Å². The fourth-order valence-electron chi connectivity index (χ4n) is 3.12. The predicted molar refractivity (Wildman–Crippen MR) is 77.2 cm³/mol. The molecule has 0 aliphatic carbocycles. The Morgan fingerprint density at radius 1 is 1.21 bits per heavy atom. The Labute approximate surface area is 117 Å². The molecule has 2 heterocycles. The van der Waals surface area contributed by atoms with Crippen LogP contribution in [0.15, 0.2) is 0 Å². The van der Waals surface area contributed by atoms with E-state index in [0.29, 0.717) is 19.0 Å². The van der Waals surface area contributed by atoms with Crippen molar-refractivity contribution in [2.45, 2.75) is 45.1 Å². The quantitative estimate of drug-likeness (QED) is 0.841. The molecule has 112 valence electrons. The molecule has 0 aromatic carbocycles. The van der Waals surface area contributed by atoms with Crippen LogP contribution in [0, 0.1) is 5.92 Å². The topological polar surface area (TPSA) is 52.7 Å². The summed E-state index contributed by atoms with van der Waals surface area (Å²) in [5, 5.41) is 3.32. The van der Waals surface area contributed by atoms with E-state index >= 15 is 0 Å². The Hall–Kier alpha value is -0.170. The molecule has 2 saturated heterocycles. The molecule has 0 aromatic rings. The summed E-state index contributed by atoms with van der Waals surface area (Å²) in [7, 11) is -1.53. The van der Waals surface area contributed by atoms with Crippen molar-refractivity contribution in [1.82, 2.24) is 13.9 Å². The predicted octanol–water partition coefficient (Wildman–Crippen LogP) is 1.04. The first-order valence-electron chi connectivity index (χ1n) is 7.45. The van der Waals surface area contributed by atoms with Gasteiger partial charge in [0, 0.05) is 26.2 Å². The first-order valence-corrected chi connectivity index (χ1v) is 8.85. The average Bonchev–Trinajstić information content (AvgIpc) is 2.40. The first-order chi connectivity index (χ1) is 9.01. The highest BCUT2D eigenvalue weighted by atomic mass is 32.2. The summed E-state index contributed by atoms with van der Waals surface area (Å²) in [6.45, 7) is 5.39. The molecular weight excluding hydrogens is 262 g/mol. The zero-order chi connectivity index (χ0) is 13.9. The summed E-state index contributed by atoms with van der Waals surface area (Å²) in [4.78, 5) is 0. The van der Waals surface area contributed by atoms with Crippen molar-refractivity contribution in [3.05, 3.63) is 0 Å². The molecule has 2 rings (SSSR count). The van der Waals surface area contributed by atoms with E-state index in [1.807, 2.05) is 6.92 Å². The third-order valence-electron chi connectivity index (χ3n) is 4.41. The second-order valence-electron chi connectivity index (χ2n) is 5.94. The van der Waals surface area contributed by atoms with Crippen molar-refractivity contribution in [3.63, 3.8) is 0 Å². The van der Waals surface area contributed by atoms with Gasteiger partial charge in [-0.25, -0.2) is 0 Å². The van der Waals surface area contributed by atoms with Crippen LogP contribution in [0.2, 0.25) is 0 Å². The summed E-state index contributed by atoms with van der Waals surface area (Å²) in [6.07, 6.45) is 5.28. The van der Waals surface area contributed by atoms with Gasteiger partial charge >= 0.3 is 0 Å². The number of nitrogens with one attached hydrogen (secondary N) is 1. The summed E-state index contributed by atoms with van der Waals surface area (Å²) in [5.41, 5.74) is 0. The lowest BCUT2D eigenvalue weighted by Gasteiger charge is -2.36. The Morgan fingerprint density at radius 3 is 2.53 bits per heavy atom. The average molecular weight is 289 g/mol. The van der Waals surface area contributed by atoms with Crippen molar-refractivity contribution in [2.75, 3.05) is 33.2 Å². The number of hydrogen-bond donors (Lipinski definition) is 1. The van der Waals surface area contributed by atoms with Gasteiger partial charge in [0.25, 0.3) is 10.2 Å². The van der Waals surface area contributed by atoms with Gasteiger partial charge in [-0.15, -0.1) is 0 Å². The minimum Gasteiger partial charge on any atom is -0.317 e. The highest BCUT2D eigenvalue weighted by Crippen LogP contribution is 2.23. The fraction of sp³-hybridized carbons (Fsp3) is 1.00. The van der Waals surface area contributed by atoms with E-state index in [1.54, 1.807) is 15.7 Å². The van der Waals surface area contributed by atoms with Gasteiger partial charge in [-0.3, -0.25) is 0 Å². The van der Waals surface area contributed by atoms with E-state index in [2.05, 4.69) is 5.32 Å². The zero-order valence-corrected chi connectivity index (χ0v) is 13.0. The number of piperidine rings is 2. The van der Waals surface area contributed by atoms with Gasteiger partial charge in [0.15, 0.2) is 0 Å². The Kier molecular flexibility index (Phi) is 5.22. The monoisotopic (exact) mass is 289 g/mol. The minimum atomic E-state index is -3.26. The molecule has 0 aromatic heterocycles. The van der Waals surface area contributed by atoms with Gasteiger partial charge in [-0.1, -0.05) is 6.42 Å². The lowest BCUT2D eigenvalue weighted by Crippen LogP contribution is -2.50. The Morgan fingerprint density at radius 2 is 1.89 bits per heavy atom. The minimum absolute atomic E-state index is 0.147. The van der Waals surface area contributed by atoms with Gasteiger partial charge in [-0.2, -0.15) is 17.0 Å². The summed E-state index contributed by atoms with van der Waals surface area (Å²) in [6, 6.07) is 0.147. The second-order valence-corrected chi connectivity index (χ2v) is 7.93. The van der Waals surface area contributed by atoms with E-state index in [1.165, 1.54) is 0 Å². The highest BCUT2D eigenvalue weighted by Gasteiger charge is 2.33. The normalized spacial score (nSPS) is 27.8. The van der Waals surface area contributed by atoms with E-state index in [4.69, 9.17) is 0 Å². The third-order valence-corrected chi connectivity index (χ3v) is 6.48. The molecule has 1 unspecified atom stereocenters.